The van der Waals surface area contributed by atoms with E-state index in [0.29, 0.717) is 11.6 Å². The summed E-state index contributed by atoms with van der Waals surface area (Å²) in [7, 11) is 0. The van der Waals surface area contributed by atoms with Gasteiger partial charge in [0.2, 0.25) is 0 Å². The van der Waals surface area contributed by atoms with Crippen LogP contribution in [0.4, 0.5) is 10.2 Å². The molecule has 0 amide bonds. The van der Waals surface area contributed by atoms with E-state index >= 15 is 0 Å². The van der Waals surface area contributed by atoms with Gasteiger partial charge < -0.3 is 5.32 Å². The van der Waals surface area contributed by atoms with Crippen LogP contribution in [0.25, 0.3) is 0 Å². The molecule has 1 aromatic heterocycles. The fourth-order valence-electron chi connectivity index (χ4n) is 1.90. The van der Waals surface area contributed by atoms with E-state index in [1.54, 1.807) is 0 Å². The Morgan fingerprint density at radius 2 is 2.35 bits per heavy atom. The SMILES string of the molecule is CCN(CCNc1ncc(Cl)cc1F)C1CC1. The highest BCUT2D eigenvalue weighted by molar-refractivity contribution is 6.30. The third-order valence-corrected chi connectivity index (χ3v) is 3.18. The lowest BCUT2D eigenvalue weighted by Crippen LogP contribution is -2.31. The number of nitrogens with zero attached hydrogens (tertiary/aromatic N) is 2. The maximum Gasteiger partial charge on any atom is 0.166 e. The lowest BCUT2D eigenvalue weighted by atomic mass is 10.4. The molecule has 5 heteroatoms. The molecule has 1 heterocycles. The summed E-state index contributed by atoms with van der Waals surface area (Å²) < 4.78 is 13.4. The fourth-order valence-corrected chi connectivity index (χ4v) is 2.05. The molecule has 1 N–H and O–H groups in total. The fraction of sp³-hybridized carbons (Fsp3) is 0.583. The number of anilines is 1. The second-order valence-corrected chi connectivity index (χ2v) is 4.71. The number of hydrogen-bond donors (Lipinski definition) is 1. The highest BCUT2D eigenvalue weighted by Gasteiger charge is 2.27. The zero-order valence-electron chi connectivity index (χ0n) is 9.92. The van der Waals surface area contributed by atoms with Gasteiger partial charge in [0, 0.05) is 25.3 Å². The molecule has 2 rings (SSSR count). The molecule has 1 aliphatic carbocycles. The van der Waals surface area contributed by atoms with Gasteiger partial charge in [0.25, 0.3) is 0 Å². The van der Waals surface area contributed by atoms with E-state index in [2.05, 4.69) is 22.1 Å². The molecule has 1 aliphatic rings. The van der Waals surface area contributed by atoms with Crippen molar-refractivity contribution in [1.29, 1.82) is 0 Å². The Morgan fingerprint density at radius 1 is 1.59 bits per heavy atom. The van der Waals surface area contributed by atoms with Crippen molar-refractivity contribution in [3.05, 3.63) is 23.1 Å². The van der Waals surface area contributed by atoms with Crippen molar-refractivity contribution in [2.75, 3.05) is 25.0 Å². The van der Waals surface area contributed by atoms with Gasteiger partial charge in [0.15, 0.2) is 11.6 Å². The third kappa shape index (κ3) is 3.54. The first-order valence-electron chi connectivity index (χ1n) is 5.99. The second kappa shape index (κ2) is 5.65. The van der Waals surface area contributed by atoms with E-state index in [0.717, 1.165) is 19.1 Å². The molecule has 0 radical (unpaired) electrons. The second-order valence-electron chi connectivity index (χ2n) is 4.27. The van der Waals surface area contributed by atoms with Gasteiger partial charge in [0.05, 0.1) is 5.02 Å². The van der Waals surface area contributed by atoms with Gasteiger partial charge in [-0.3, -0.25) is 4.90 Å². The summed E-state index contributed by atoms with van der Waals surface area (Å²) in [6.45, 7) is 4.82. The van der Waals surface area contributed by atoms with E-state index < -0.39 is 5.82 Å². The van der Waals surface area contributed by atoms with Gasteiger partial charge in [-0.25, -0.2) is 9.37 Å². The predicted octanol–water partition coefficient (Wildman–Crippen LogP) is 2.77. The van der Waals surface area contributed by atoms with Gasteiger partial charge in [-0.2, -0.15) is 0 Å². The van der Waals surface area contributed by atoms with Gasteiger partial charge in [-0.15, -0.1) is 0 Å². The van der Waals surface area contributed by atoms with E-state index in [4.69, 9.17) is 11.6 Å². The van der Waals surface area contributed by atoms with Crippen LogP contribution in [0, 0.1) is 5.82 Å². The van der Waals surface area contributed by atoms with E-state index in [-0.39, 0.29) is 5.82 Å². The minimum atomic E-state index is -0.396. The normalized spacial score (nSPS) is 15.3. The number of pyridine rings is 1. The van der Waals surface area contributed by atoms with E-state index in [9.17, 15) is 4.39 Å². The quantitative estimate of drug-likeness (QED) is 0.849. The minimum absolute atomic E-state index is 0.279. The van der Waals surface area contributed by atoms with Gasteiger partial charge in [-0.05, 0) is 25.5 Å². The first kappa shape index (κ1) is 12.6. The van der Waals surface area contributed by atoms with E-state index in [1.807, 2.05) is 0 Å². The number of aromatic nitrogens is 1. The number of likely N-dealkylation sites (N-methyl/N-ethyl adjacent to an activating group) is 1. The molecule has 0 unspecified atom stereocenters. The number of rotatable bonds is 6. The summed E-state index contributed by atoms with van der Waals surface area (Å²) in [6.07, 6.45) is 4.04. The highest BCUT2D eigenvalue weighted by atomic mass is 35.5. The lowest BCUT2D eigenvalue weighted by molar-refractivity contribution is 0.289. The lowest BCUT2D eigenvalue weighted by Gasteiger charge is -2.19. The van der Waals surface area contributed by atoms with Crippen molar-refractivity contribution < 1.29 is 4.39 Å². The Morgan fingerprint density at radius 3 is 2.94 bits per heavy atom. The van der Waals surface area contributed by atoms with Crippen LogP contribution in [-0.4, -0.2) is 35.6 Å². The Balaban J connectivity index is 1.80. The molecule has 0 saturated heterocycles. The molecule has 0 spiro atoms. The smallest absolute Gasteiger partial charge is 0.166 e. The van der Waals surface area contributed by atoms with Crippen molar-refractivity contribution in [2.45, 2.75) is 25.8 Å². The average Bonchev–Trinajstić information content (AvgIpc) is 3.11. The van der Waals surface area contributed by atoms with Crippen LogP contribution in [-0.2, 0) is 0 Å². The van der Waals surface area contributed by atoms with Crippen LogP contribution in [0.5, 0.6) is 0 Å². The summed E-state index contributed by atoms with van der Waals surface area (Å²) in [5.74, 6) is -0.117. The Labute approximate surface area is 106 Å². The molecule has 3 nitrogen and oxygen atoms in total. The molecular weight excluding hydrogens is 241 g/mol. The zero-order valence-corrected chi connectivity index (χ0v) is 10.7. The summed E-state index contributed by atoms with van der Waals surface area (Å²) >= 11 is 5.64. The summed E-state index contributed by atoms with van der Waals surface area (Å²) in [5, 5.41) is 3.32. The first-order valence-corrected chi connectivity index (χ1v) is 6.37. The third-order valence-electron chi connectivity index (χ3n) is 2.97. The maximum absolute atomic E-state index is 13.4. The van der Waals surface area contributed by atoms with Crippen LogP contribution in [0.15, 0.2) is 12.3 Å². The average molecular weight is 258 g/mol. The molecule has 94 valence electrons. The van der Waals surface area contributed by atoms with Crippen LogP contribution in [0.1, 0.15) is 19.8 Å². The van der Waals surface area contributed by atoms with Crippen molar-refractivity contribution in [3.63, 3.8) is 0 Å². The van der Waals surface area contributed by atoms with Crippen molar-refractivity contribution in [3.8, 4) is 0 Å². The highest BCUT2D eigenvalue weighted by Crippen LogP contribution is 2.26. The van der Waals surface area contributed by atoms with Crippen LogP contribution in [0.2, 0.25) is 5.02 Å². The number of nitrogens with one attached hydrogen (secondary N) is 1. The predicted molar refractivity (Wildman–Crippen MR) is 68.0 cm³/mol. The van der Waals surface area contributed by atoms with E-state index in [1.165, 1.54) is 25.1 Å². The Kier molecular flexibility index (Phi) is 4.18. The number of halogens is 2. The standard InChI is InChI=1S/C12H17ClFN3/c1-2-17(10-3-4-10)6-5-15-12-11(14)7-9(13)8-16-12/h7-8,10H,2-6H2,1H3,(H,15,16). The topological polar surface area (TPSA) is 28.2 Å². The summed E-state index contributed by atoms with van der Waals surface area (Å²) in [6, 6.07) is 2.01. The first-order chi connectivity index (χ1) is 8.20. The molecule has 1 aromatic rings. The number of hydrogen-bond acceptors (Lipinski definition) is 3. The van der Waals surface area contributed by atoms with Crippen molar-refractivity contribution in [2.24, 2.45) is 0 Å². The Bertz CT molecular complexity index is 382. The largest absolute Gasteiger partial charge is 0.366 e. The molecule has 0 aliphatic heterocycles. The van der Waals surface area contributed by atoms with Gasteiger partial charge >= 0.3 is 0 Å². The van der Waals surface area contributed by atoms with Crippen LogP contribution < -0.4 is 5.32 Å². The molecule has 0 atom stereocenters. The van der Waals surface area contributed by atoms with Gasteiger partial charge in [-0.1, -0.05) is 18.5 Å². The van der Waals surface area contributed by atoms with Gasteiger partial charge in [0.1, 0.15) is 0 Å². The molecule has 0 aromatic carbocycles. The summed E-state index contributed by atoms with van der Waals surface area (Å²) in [5.41, 5.74) is 0. The molecule has 1 fully saturated rings. The molecule has 17 heavy (non-hydrogen) atoms. The minimum Gasteiger partial charge on any atom is -0.366 e. The maximum atomic E-state index is 13.4. The monoisotopic (exact) mass is 257 g/mol. The van der Waals surface area contributed by atoms with Crippen molar-refractivity contribution >= 4 is 17.4 Å². The van der Waals surface area contributed by atoms with Crippen LogP contribution in [0.3, 0.4) is 0 Å². The van der Waals surface area contributed by atoms with Crippen molar-refractivity contribution in [1.82, 2.24) is 9.88 Å². The Hall–Kier alpha value is -0.870. The molecule has 1 saturated carbocycles. The summed E-state index contributed by atoms with van der Waals surface area (Å²) in [4.78, 5) is 6.33. The molecule has 0 bridgehead atoms. The molecular formula is C12H17ClFN3. The van der Waals surface area contributed by atoms with Crippen LogP contribution >= 0.6 is 11.6 Å². The zero-order chi connectivity index (χ0) is 12.3.